The Bertz CT molecular complexity index is 421. The number of amides is 1. The number of pyridine rings is 1. The maximum Gasteiger partial charge on any atom is 0.252 e. The minimum absolute atomic E-state index is 0.438. The highest BCUT2D eigenvalue weighted by Gasteiger charge is 2.21. The summed E-state index contributed by atoms with van der Waals surface area (Å²) in [6.07, 6.45) is 2.86. The zero-order valence-electron chi connectivity index (χ0n) is 10.7. The van der Waals surface area contributed by atoms with Crippen molar-refractivity contribution >= 4 is 11.7 Å². The molecule has 0 spiro atoms. The number of carbonyl (C=O) groups is 1. The second-order valence-corrected chi connectivity index (χ2v) is 4.69. The van der Waals surface area contributed by atoms with Gasteiger partial charge in [0.05, 0.1) is 5.56 Å². The summed E-state index contributed by atoms with van der Waals surface area (Å²) in [7, 11) is 0. The van der Waals surface area contributed by atoms with Crippen molar-refractivity contribution in [3.05, 3.63) is 23.9 Å². The molecular formula is C13H20N4O. The molecule has 1 atom stereocenters. The number of nitrogens with two attached hydrogens (primary N) is 1. The van der Waals surface area contributed by atoms with E-state index in [9.17, 15) is 4.79 Å². The van der Waals surface area contributed by atoms with Crippen molar-refractivity contribution in [3.63, 3.8) is 0 Å². The number of rotatable bonds is 5. The number of aromatic nitrogens is 1. The highest BCUT2D eigenvalue weighted by Crippen LogP contribution is 2.17. The van der Waals surface area contributed by atoms with E-state index in [4.69, 9.17) is 5.73 Å². The fourth-order valence-electron chi connectivity index (χ4n) is 2.35. The second kappa shape index (κ2) is 5.82. The summed E-state index contributed by atoms with van der Waals surface area (Å²) in [5, 5.41) is 3.24. The van der Waals surface area contributed by atoms with Crippen LogP contribution in [0.15, 0.2) is 18.3 Å². The van der Waals surface area contributed by atoms with Gasteiger partial charge >= 0.3 is 0 Å². The molecular weight excluding hydrogens is 228 g/mol. The van der Waals surface area contributed by atoms with Gasteiger partial charge in [-0.15, -0.1) is 0 Å². The minimum atomic E-state index is -0.438. The Labute approximate surface area is 107 Å². The van der Waals surface area contributed by atoms with Gasteiger partial charge in [-0.05, 0) is 37.6 Å². The Morgan fingerprint density at radius 1 is 1.67 bits per heavy atom. The number of likely N-dealkylation sites (tertiary alicyclic amines) is 1. The van der Waals surface area contributed by atoms with Crippen LogP contribution in [0.2, 0.25) is 0 Å². The number of hydrogen-bond acceptors (Lipinski definition) is 4. The third kappa shape index (κ3) is 2.98. The highest BCUT2D eigenvalue weighted by molar-refractivity contribution is 5.97. The third-order valence-corrected chi connectivity index (χ3v) is 3.45. The van der Waals surface area contributed by atoms with E-state index in [1.165, 1.54) is 6.42 Å². The Balaban J connectivity index is 1.92. The normalized spacial score (nSPS) is 19.9. The van der Waals surface area contributed by atoms with Gasteiger partial charge in [0.1, 0.15) is 5.82 Å². The van der Waals surface area contributed by atoms with Crippen molar-refractivity contribution in [1.29, 1.82) is 0 Å². The van der Waals surface area contributed by atoms with Gasteiger partial charge in [-0.2, -0.15) is 0 Å². The van der Waals surface area contributed by atoms with Crippen LogP contribution in [0.5, 0.6) is 0 Å². The van der Waals surface area contributed by atoms with E-state index < -0.39 is 5.91 Å². The number of primary amides is 1. The lowest BCUT2D eigenvalue weighted by atomic mass is 10.1. The molecule has 98 valence electrons. The summed E-state index contributed by atoms with van der Waals surface area (Å²) in [4.78, 5) is 17.9. The molecule has 18 heavy (non-hydrogen) atoms. The summed E-state index contributed by atoms with van der Waals surface area (Å²) in [5.74, 6) is 0.778. The standard InChI is InChI=1S/C13H20N4O/c1-2-17-7-5-10(9-17)8-16-13-11(12(14)18)4-3-6-15-13/h3-4,6,10H,2,5,7-9H2,1H3,(H2,14,18)(H,15,16). The topological polar surface area (TPSA) is 71.2 Å². The van der Waals surface area contributed by atoms with Crippen LogP contribution in [0.4, 0.5) is 5.82 Å². The molecule has 1 amide bonds. The van der Waals surface area contributed by atoms with Gasteiger partial charge in [0.15, 0.2) is 0 Å². The fourth-order valence-corrected chi connectivity index (χ4v) is 2.35. The van der Waals surface area contributed by atoms with E-state index in [0.29, 0.717) is 17.3 Å². The largest absolute Gasteiger partial charge is 0.369 e. The van der Waals surface area contributed by atoms with E-state index in [1.54, 1.807) is 18.3 Å². The number of carbonyl (C=O) groups excluding carboxylic acids is 1. The van der Waals surface area contributed by atoms with Crippen molar-refractivity contribution in [2.24, 2.45) is 11.7 Å². The predicted octanol–water partition coefficient (Wildman–Crippen LogP) is 0.934. The molecule has 0 bridgehead atoms. The molecule has 1 aromatic heterocycles. The Morgan fingerprint density at radius 3 is 3.17 bits per heavy atom. The first-order valence-electron chi connectivity index (χ1n) is 6.41. The molecule has 1 aliphatic rings. The molecule has 1 aliphatic heterocycles. The van der Waals surface area contributed by atoms with E-state index in [0.717, 1.165) is 26.2 Å². The van der Waals surface area contributed by atoms with Crippen molar-refractivity contribution in [2.45, 2.75) is 13.3 Å². The molecule has 5 heteroatoms. The summed E-state index contributed by atoms with van der Waals surface area (Å²) in [6.45, 7) is 6.40. The minimum Gasteiger partial charge on any atom is -0.369 e. The molecule has 0 aliphatic carbocycles. The van der Waals surface area contributed by atoms with Crippen LogP contribution in [-0.2, 0) is 0 Å². The molecule has 5 nitrogen and oxygen atoms in total. The van der Waals surface area contributed by atoms with Gasteiger partial charge in [0, 0.05) is 19.3 Å². The zero-order chi connectivity index (χ0) is 13.0. The SMILES string of the molecule is CCN1CCC(CNc2ncccc2C(N)=O)C1. The van der Waals surface area contributed by atoms with Crippen molar-refractivity contribution in [2.75, 3.05) is 31.5 Å². The van der Waals surface area contributed by atoms with Crippen molar-refractivity contribution < 1.29 is 4.79 Å². The Kier molecular flexibility index (Phi) is 4.15. The first kappa shape index (κ1) is 12.8. The van der Waals surface area contributed by atoms with Crippen molar-refractivity contribution in [3.8, 4) is 0 Å². The van der Waals surface area contributed by atoms with Gasteiger partial charge < -0.3 is 16.0 Å². The van der Waals surface area contributed by atoms with Gasteiger partial charge in [0.25, 0.3) is 5.91 Å². The molecule has 0 aromatic carbocycles. The maximum atomic E-state index is 11.3. The van der Waals surface area contributed by atoms with Crippen LogP contribution in [0, 0.1) is 5.92 Å². The van der Waals surface area contributed by atoms with Crippen LogP contribution >= 0.6 is 0 Å². The van der Waals surface area contributed by atoms with Gasteiger partial charge in [-0.1, -0.05) is 6.92 Å². The second-order valence-electron chi connectivity index (χ2n) is 4.69. The molecule has 0 radical (unpaired) electrons. The van der Waals surface area contributed by atoms with Crippen LogP contribution in [0.25, 0.3) is 0 Å². The van der Waals surface area contributed by atoms with E-state index in [2.05, 4.69) is 22.1 Å². The monoisotopic (exact) mass is 248 g/mol. The Hall–Kier alpha value is -1.62. The lowest BCUT2D eigenvalue weighted by molar-refractivity contribution is 0.100. The molecule has 1 saturated heterocycles. The number of hydrogen-bond donors (Lipinski definition) is 2. The average molecular weight is 248 g/mol. The van der Waals surface area contributed by atoms with Gasteiger partial charge in [0.2, 0.25) is 0 Å². The molecule has 0 saturated carbocycles. The van der Waals surface area contributed by atoms with Gasteiger partial charge in [-0.25, -0.2) is 4.98 Å². The quantitative estimate of drug-likeness (QED) is 0.813. The summed E-state index contributed by atoms with van der Waals surface area (Å²) in [5.41, 5.74) is 5.78. The third-order valence-electron chi connectivity index (χ3n) is 3.45. The smallest absolute Gasteiger partial charge is 0.252 e. The molecule has 2 heterocycles. The first-order valence-corrected chi connectivity index (χ1v) is 6.41. The van der Waals surface area contributed by atoms with E-state index >= 15 is 0 Å². The number of nitrogens with zero attached hydrogens (tertiary/aromatic N) is 2. The van der Waals surface area contributed by atoms with Crippen LogP contribution in [0.3, 0.4) is 0 Å². The first-order chi connectivity index (χ1) is 8.70. The summed E-state index contributed by atoms with van der Waals surface area (Å²) >= 11 is 0. The zero-order valence-corrected chi connectivity index (χ0v) is 10.7. The molecule has 3 N–H and O–H groups in total. The average Bonchev–Trinajstić information content (AvgIpc) is 2.84. The number of anilines is 1. The van der Waals surface area contributed by atoms with Crippen molar-refractivity contribution in [1.82, 2.24) is 9.88 Å². The molecule has 1 fully saturated rings. The molecule has 2 rings (SSSR count). The Morgan fingerprint density at radius 2 is 2.50 bits per heavy atom. The summed E-state index contributed by atoms with van der Waals surface area (Å²) < 4.78 is 0. The maximum absolute atomic E-state index is 11.3. The lowest BCUT2D eigenvalue weighted by Crippen LogP contribution is -2.23. The number of nitrogens with one attached hydrogen (secondary N) is 1. The highest BCUT2D eigenvalue weighted by atomic mass is 16.1. The van der Waals surface area contributed by atoms with E-state index in [-0.39, 0.29) is 0 Å². The molecule has 1 aromatic rings. The van der Waals surface area contributed by atoms with Crippen LogP contribution < -0.4 is 11.1 Å². The van der Waals surface area contributed by atoms with Gasteiger partial charge in [-0.3, -0.25) is 4.79 Å². The lowest BCUT2D eigenvalue weighted by Gasteiger charge is -2.14. The summed E-state index contributed by atoms with van der Waals surface area (Å²) in [6, 6.07) is 3.42. The van der Waals surface area contributed by atoms with Crippen LogP contribution in [-0.4, -0.2) is 42.0 Å². The fraction of sp³-hybridized carbons (Fsp3) is 0.538. The molecule has 1 unspecified atom stereocenters. The van der Waals surface area contributed by atoms with E-state index in [1.807, 2.05) is 0 Å². The predicted molar refractivity (Wildman–Crippen MR) is 71.5 cm³/mol. The van der Waals surface area contributed by atoms with Crippen LogP contribution in [0.1, 0.15) is 23.7 Å².